The van der Waals surface area contributed by atoms with Crippen LogP contribution in [0.1, 0.15) is 10.4 Å². The number of nitrogens with zero attached hydrogens (tertiary/aromatic N) is 1. The zero-order chi connectivity index (χ0) is 17.5. The van der Waals surface area contributed by atoms with Gasteiger partial charge in [0, 0.05) is 17.5 Å². The number of carbonyl (C=O) groups excluding carboxylic acids is 2. The highest BCUT2D eigenvalue weighted by Gasteiger charge is 2.10. The number of hydrogen-bond donors (Lipinski definition) is 4. The van der Waals surface area contributed by atoms with Gasteiger partial charge in [0.1, 0.15) is 5.84 Å². The number of amides is 2. The highest BCUT2D eigenvalue weighted by atomic mass is 16.2. The third kappa shape index (κ3) is 4.20. The number of carbonyl (C=O) groups is 2. The molecule has 0 saturated carbocycles. The van der Waals surface area contributed by atoms with Crippen LogP contribution in [0.4, 0.5) is 11.4 Å². The Kier molecular flexibility index (Phi) is 5.30. The summed E-state index contributed by atoms with van der Waals surface area (Å²) in [7, 11) is 0. The molecule has 0 saturated heterocycles. The molecule has 2 rings (SSSR count). The lowest BCUT2D eigenvalue weighted by Gasteiger charge is -2.06. The molecule has 0 unspecified atom stereocenters. The molecule has 24 heavy (non-hydrogen) atoms. The topological polar surface area (TPSA) is 137 Å². The molecule has 7 N–H and O–H groups in total. The molecular formula is C17H17N5O2. The number of primary amides is 1. The van der Waals surface area contributed by atoms with E-state index < -0.39 is 5.91 Å². The quantitative estimate of drug-likeness (QED) is 0.374. The first-order chi connectivity index (χ1) is 11.5. The molecule has 0 aliphatic carbocycles. The largest absolute Gasteiger partial charge is 0.404 e. The van der Waals surface area contributed by atoms with E-state index in [2.05, 4.69) is 10.3 Å². The highest BCUT2D eigenvalue weighted by Crippen LogP contribution is 2.16. The van der Waals surface area contributed by atoms with Gasteiger partial charge >= 0.3 is 0 Å². The average molecular weight is 323 g/mol. The van der Waals surface area contributed by atoms with E-state index in [-0.39, 0.29) is 17.3 Å². The van der Waals surface area contributed by atoms with Crippen molar-refractivity contribution in [3.63, 3.8) is 0 Å². The molecule has 0 fully saturated rings. The van der Waals surface area contributed by atoms with E-state index in [4.69, 9.17) is 17.2 Å². The molecule has 0 aliphatic rings. The molecule has 0 aliphatic heterocycles. The van der Waals surface area contributed by atoms with Gasteiger partial charge in [-0.05, 0) is 30.3 Å². The van der Waals surface area contributed by atoms with Gasteiger partial charge in [0.15, 0.2) is 0 Å². The van der Waals surface area contributed by atoms with E-state index in [1.807, 2.05) is 18.2 Å². The summed E-state index contributed by atoms with van der Waals surface area (Å²) >= 11 is 0. The van der Waals surface area contributed by atoms with Gasteiger partial charge in [-0.15, -0.1) is 0 Å². The van der Waals surface area contributed by atoms with E-state index in [0.717, 1.165) is 6.20 Å². The summed E-state index contributed by atoms with van der Waals surface area (Å²) in [6.45, 7) is 0. The van der Waals surface area contributed by atoms with Gasteiger partial charge in [0.25, 0.3) is 11.8 Å². The molecule has 7 heteroatoms. The van der Waals surface area contributed by atoms with Crippen LogP contribution in [0.3, 0.4) is 0 Å². The van der Waals surface area contributed by atoms with E-state index in [0.29, 0.717) is 16.9 Å². The smallest absolute Gasteiger partial charge is 0.255 e. The van der Waals surface area contributed by atoms with E-state index in [9.17, 15) is 9.59 Å². The molecule has 0 radical (unpaired) electrons. The summed E-state index contributed by atoms with van der Waals surface area (Å²) in [5.74, 6) is -1.19. The lowest BCUT2D eigenvalue weighted by atomic mass is 10.1. The minimum absolute atomic E-state index is 0.0888. The minimum atomic E-state index is -0.781. The Balaban J connectivity index is 2.23. The van der Waals surface area contributed by atoms with Crippen molar-refractivity contribution in [2.75, 3.05) is 5.32 Å². The first-order valence-corrected chi connectivity index (χ1v) is 7.04. The third-order valence-electron chi connectivity index (χ3n) is 3.10. The maximum absolute atomic E-state index is 12.3. The van der Waals surface area contributed by atoms with Gasteiger partial charge in [0.2, 0.25) is 0 Å². The van der Waals surface area contributed by atoms with Crippen LogP contribution in [-0.2, 0) is 4.79 Å². The maximum Gasteiger partial charge on any atom is 0.255 e. The molecule has 0 spiro atoms. The molecule has 0 bridgehead atoms. The molecule has 7 nitrogen and oxygen atoms in total. The van der Waals surface area contributed by atoms with Gasteiger partial charge < -0.3 is 22.5 Å². The van der Waals surface area contributed by atoms with E-state index in [1.54, 1.807) is 36.4 Å². The zero-order valence-electron chi connectivity index (χ0n) is 12.8. The first-order valence-electron chi connectivity index (χ1n) is 7.04. The molecule has 0 heterocycles. The standard InChI is InChI=1S/C17H17N5O2/c18-10-14(16(20)23)15(19)21-13-8-4-5-11(9-13)17(24)22-12-6-2-1-3-7-12/h1-10H,18H2,(H2,19,21)(H2,20,23)(H,22,24). The van der Waals surface area contributed by atoms with Crippen LogP contribution in [0.2, 0.25) is 0 Å². The number of nitrogens with one attached hydrogen (secondary N) is 1. The fourth-order valence-electron chi connectivity index (χ4n) is 1.93. The van der Waals surface area contributed by atoms with Crippen molar-refractivity contribution in [3.8, 4) is 0 Å². The van der Waals surface area contributed by atoms with Crippen molar-refractivity contribution in [1.29, 1.82) is 0 Å². The number of aliphatic imine (C=N–C) groups is 1. The normalized spacial score (nSPS) is 11.8. The van der Waals surface area contributed by atoms with Crippen LogP contribution in [0.5, 0.6) is 0 Å². The summed E-state index contributed by atoms with van der Waals surface area (Å²) in [6, 6.07) is 15.5. The van der Waals surface area contributed by atoms with Crippen LogP contribution in [0.15, 0.2) is 71.4 Å². The summed E-state index contributed by atoms with van der Waals surface area (Å²) in [4.78, 5) is 27.5. The van der Waals surface area contributed by atoms with Crippen LogP contribution in [0, 0.1) is 0 Å². The molecule has 122 valence electrons. The fraction of sp³-hybridized carbons (Fsp3) is 0. The van der Waals surface area contributed by atoms with Crippen LogP contribution in [0.25, 0.3) is 0 Å². The summed E-state index contributed by atoms with van der Waals surface area (Å²) < 4.78 is 0. The minimum Gasteiger partial charge on any atom is -0.404 e. The number of nitrogens with two attached hydrogens (primary N) is 3. The Bertz CT molecular complexity index is 813. The zero-order valence-corrected chi connectivity index (χ0v) is 12.8. The van der Waals surface area contributed by atoms with Crippen molar-refractivity contribution < 1.29 is 9.59 Å². The van der Waals surface area contributed by atoms with Gasteiger partial charge in [-0.2, -0.15) is 0 Å². The molecule has 0 aromatic heterocycles. The van der Waals surface area contributed by atoms with Gasteiger partial charge in [-0.1, -0.05) is 24.3 Å². The van der Waals surface area contributed by atoms with Crippen LogP contribution in [-0.4, -0.2) is 17.6 Å². The number of amidine groups is 1. The molecular weight excluding hydrogens is 306 g/mol. The van der Waals surface area contributed by atoms with Crippen molar-refractivity contribution >= 4 is 29.0 Å². The molecule has 2 amide bonds. The Morgan fingerprint density at radius 1 is 1.00 bits per heavy atom. The molecule has 0 atom stereocenters. The Morgan fingerprint density at radius 2 is 1.71 bits per heavy atom. The number of anilines is 1. The predicted molar refractivity (Wildman–Crippen MR) is 93.6 cm³/mol. The SMILES string of the molecule is NC=C(C(N)=O)C(N)=Nc1cccc(C(=O)Nc2ccccc2)c1. The Hall–Kier alpha value is -3.61. The fourth-order valence-corrected chi connectivity index (χ4v) is 1.93. The average Bonchev–Trinajstić information content (AvgIpc) is 2.56. The lowest BCUT2D eigenvalue weighted by Crippen LogP contribution is -2.27. The van der Waals surface area contributed by atoms with Crippen molar-refractivity contribution in [2.24, 2.45) is 22.2 Å². The first kappa shape index (κ1) is 16.8. The van der Waals surface area contributed by atoms with Gasteiger partial charge in [-0.25, -0.2) is 4.99 Å². The lowest BCUT2D eigenvalue weighted by molar-refractivity contribution is -0.114. The number of benzene rings is 2. The van der Waals surface area contributed by atoms with E-state index in [1.165, 1.54) is 0 Å². The number of para-hydroxylation sites is 1. The predicted octanol–water partition coefficient (Wildman–Crippen LogP) is 1.26. The third-order valence-corrected chi connectivity index (χ3v) is 3.10. The number of rotatable bonds is 5. The summed E-state index contributed by atoms with van der Waals surface area (Å²) in [6.07, 6.45) is 0.993. The van der Waals surface area contributed by atoms with Gasteiger partial charge in [0.05, 0.1) is 11.3 Å². The van der Waals surface area contributed by atoms with E-state index >= 15 is 0 Å². The van der Waals surface area contributed by atoms with Crippen molar-refractivity contribution in [1.82, 2.24) is 0 Å². The van der Waals surface area contributed by atoms with Crippen LogP contribution >= 0.6 is 0 Å². The van der Waals surface area contributed by atoms with Crippen molar-refractivity contribution in [2.45, 2.75) is 0 Å². The second-order valence-corrected chi connectivity index (χ2v) is 4.81. The second kappa shape index (κ2) is 7.59. The van der Waals surface area contributed by atoms with Crippen LogP contribution < -0.4 is 22.5 Å². The van der Waals surface area contributed by atoms with Gasteiger partial charge in [-0.3, -0.25) is 9.59 Å². The number of hydrogen-bond acceptors (Lipinski definition) is 4. The maximum atomic E-state index is 12.3. The highest BCUT2D eigenvalue weighted by molar-refractivity contribution is 6.20. The monoisotopic (exact) mass is 323 g/mol. The molecule has 2 aromatic carbocycles. The second-order valence-electron chi connectivity index (χ2n) is 4.81. The molecule has 2 aromatic rings. The Morgan fingerprint density at radius 3 is 2.33 bits per heavy atom. The van der Waals surface area contributed by atoms with Crippen molar-refractivity contribution in [3.05, 3.63) is 71.9 Å². The summed E-state index contributed by atoms with van der Waals surface area (Å²) in [5.41, 5.74) is 17.6. The summed E-state index contributed by atoms with van der Waals surface area (Å²) in [5, 5.41) is 2.77. The Labute approximate surface area is 138 Å².